The summed E-state index contributed by atoms with van der Waals surface area (Å²) in [6.07, 6.45) is 3.88. The van der Waals surface area contributed by atoms with Crippen LogP contribution in [0.4, 0.5) is 10.7 Å². The quantitative estimate of drug-likeness (QED) is 0.591. The Hall–Kier alpha value is -3.42. The van der Waals surface area contributed by atoms with Crippen LogP contribution in [0.25, 0.3) is 5.69 Å². The van der Waals surface area contributed by atoms with Crippen LogP contribution in [0.15, 0.2) is 41.4 Å². The number of carbonyl (C=O) groups excluding carboxylic acids is 2. The highest BCUT2D eigenvalue weighted by molar-refractivity contribution is 6.18. The highest BCUT2D eigenvalue weighted by atomic mass is 16.5. The van der Waals surface area contributed by atoms with Crippen LogP contribution in [0.2, 0.25) is 0 Å². The third-order valence-corrected chi connectivity index (χ3v) is 5.51. The normalized spacial score (nSPS) is 18.4. The number of para-hydroxylation sites is 2. The van der Waals surface area contributed by atoms with E-state index in [9.17, 15) is 9.59 Å². The van der Waals surface area contributed by atoms with Crippen molar-refractivity contribution >= 4 is 23.7 Å². The van der Waals surface area contributed by atoms with Gasteiger partial charge >= 0.3 is 12.0 Å². The van der Waals surface area contributed by atoms with Crippen molar-refractivity contribution in [3.63, 3.8) is 0 Å². The Balaban J connectivity index is 1.89. The van der Waals surface area contributed by atoms with E-state index in [1.54, 1.807) is 7.05 Å². The number of ether oxygens (including phenoxy) is 1. The molecule has 1 aromatic heterocycles. The molecule has 29 heavy (non-hydrogen) atoms. The van der Waals surface area contributed by atoms with Gasteiger partial charge in [-0.05, 0) is 32.9 Å². The summed E-state index contributed by atoms with van der Waals surface area (Å²) in [6, 6.07) is 6.70. The van der Waals surface area contributed by atoms with Crippen LogP contribution in [0.1, 0.15) is 24.4 Å². The maximum Gasteiger partial charge on any atom is 0.407 e. The molecule has 8 nitrogen and oxygen atoms in total. The molecule has 0 aliphatic carbocycles. The van der Waals surface area contributed by atoms with E-state index in [0.29, 0.717) is 18.4 Å². The number of imidazole rings is 1. The Bertz CT molecular complexity index is 1080. The maximum absolute atomic E-state index is 12.9. The average molecular weight is 394 g/mol. The van der Waals surface area contributed by atoms with Gasteiger partial charge in [0, 0.05) is 14.1 Å². The highest BCUT2D eigenvalue weighted by Crippen LogP contribution is 2.35. The van der Waals surface area contributed by atoms with Crippen molar-refractivity contribution in [2.45, 2.75) is 26.8 Å². The Morgan fingerprint density at radius 3 is 2.62 bits per heavy atom. The van der Waals surface area contributed by atoms with Crippen molar-refractivity contribution in [1.82, 2.24) is 14.4 Å². The van der Waals surface area contributed by atoms with Crippen LogP contribution in [0.5, 0.6) is 5.75 Å². The van der Waals surface area contributed by atoms with E-state index in [1.165, 1.54) is 11.9 Å². The molecule has 150 valence electrons. The van der Waals surface area contributed by atoms with Crippen LogP contribution in [-0.2, 0) is 4.79 Å². The average Bonchev–Trinajstić information content (AvgIpc) is 3.21. The van der Waals surface area contributed by atoms with Crippen LogP contribution in [0, 0.1) is 13.8 Å². The van der Waals surface area contributed by atoms with Gasteiger partial charge in [0.15, 0.2) is 5.75 Å². The van der Waals surface area contributed by atoms with Crippen LogP contribution in [0.3, 0.4) is 0 Å². The molecule has 3 amide bonds. The SMILES string of the molecule is C/C=C/COc1ccccc1-n1c(C)c(C)[n+]2c1N=C1C2C(=O)N(C)C(=O)N1C. The molecule has 0 bridgehead atoms. The molecule has 1 unspecified atom stereocenters. The number of carbonyl (C=O) groups is 2. The summed E-state index contributed by atoms with van der Waals surface area (Å²) in [6.45, 7) is 6.35. The van der Waals surface area contributed by atoms with Crippen molar-refractivity contribution in [3.8, 4) is 11.4 Å². The van der Waals surface area contributed by atoms with Gasteiger partial charge in [0.05, 0.1) is 0 Å². The summed E-state index contributed by atoms with van der Waals surface area (Å²) in [7, 11) is 3.14. The third-order valence-electron chi connectivity index (χ3n) is 5.51. The molecule has 1 saturated heterocycles. The largest absolute Gasteiger partial charge is 0.486 e. The molecule has 0 N–H and O–H groups in total. The van der Waals surface area contributed by atoms with Crippen molar-refractivity contribution in [2.75, 3.05) is 20.7 Å². The van der Waals surface area contributed by atoms with Crippen molar-refractivity contribution < 1.29 is 18.9 Å². The molecule has 4 rings (SSSR count). The molecule has 2 aliphatic rings. The number of aliphatic imine (C=N–C) groups is 1. The number of amidine groups is 1. The number of hydrogen-bond donors (Lipinski definition) is 0. The molecule has 0 radical (unpaired) electrons. The van der Waals surface area contributed by atoms with Gasteiger partial charge < -0.3 is 4.74 Å². The predicted octanol–water partition coefficient (Wildman–Crippen LogP) is 2.45. The molecule has 0 saturated carbocycles. The smallest absolute Gasteiger partial charge is 0.407 e. The summed E-state index contributed by atoms with van der Waals surface area (Å²) >= 11 is 0. The molecule has 3 heterocycles. The van der Waals surface area contributed by atoms with Crippen LogP contribution >= 0.6 is 0 Å². The fourth-order valence-corrected chi connectivity index (χ4v) is 3.80. The zero-order chi connectivity index (χ0) is 20.9. The lowest BCUT2D eigenvalue weighted by molar-refractivity contribution is -0.682. The van der Waals surface area contributed by atoms with E-state index in [0.717, 1.165) is 27.7 Å². The number of aromatic nitrogens is 2. The molecule has 1 aromatic carbocycles. The lowest BCUT2D eigenvalue weighted by Crippen LogP contribution is -2.62. The highest BCUT2D eigenvalue weighted by Gasteiger charge is 2.53. The summed E-state index contributed by atoms with van der Waals surface area (Å²) in [5, 5.41) is 0. The zero-order valence-corrected chi connectivity index (χ0v) is 17.2. The van der Waals surface area contributed by atoms with Crippen LogP contribution < -0.4 is 9.30 Å². The van der Waals surface area contributed by atoms with Gasteiger partial charge in [0.25, 0.3) is 5.91 Å². The number of imide groups is 1. The van der Waals surface area contributed by atoms with E-state index < -0.39 is 6.04 Å². The topological polar surface area (TPSA) is 71.0 Å². The number of likely N-dealkylation sites (N-methyl/N-ethyl adjacent to an activating group) is 2. The predicted molar refractivity (Wildman–Crippen MR) is 108 cm³/mol. The molecular formula is C21H24N5O3+. The second-order valence-electron chi connectivity index (χ2n) is 7.14. The molecule has 1 fully saturated rings. The minimum absolute atomic E-state index is 0.284. The van der Waals surface area contributed by atoms with Gasteiger partial charge in [-0.1, -0.05) is 29.3 Å². The second kappa shape index (κ2) is 6.88. The van der Waals surface area contributed by atoms with E-state index in [4.69, 9.17) is 9.73 Å². The molecule has 2 aromatic rings. The Morgan fingerprint density at radius 1 is 1.17 bits per heavy atom. The number of allylic oxidation sites excluding steroid dienone is 1. The van der Waals surface area contributed by atoms with Gasteiger partial charge in [0.1, 0.15) is 23.7 Å². The standard InChI is InChI=1S/C21H24N5O3/c1-6-7-12-29-16-11-9-8-10-15(16)25-13(2)14(3)26-17-18(22-20(25)26)23(4)21(28)24(5)19(17)27/h6-11,17H,12H2,1-5H3/q+1/b7-6+. The first-order valence-electron chi connectivity index (χ1n) is 9.49. The number of nitrogens with zero attached hydrogens (tertiary/aromatic N) is 5. The monoisotopic (exact) mass is 394 g/mol. The number of rotatable bonds is 4. The molecule has 0 spiro atoms. The van der Waals surface area contributed by atoms with Crippen molar-refractivity contribution in [1.29, 1.82) is 0 Å². The number of fused-ring (bicyclic) bond motifs is 3. The number of amides is 3. The van der Waals surface area contributed by atoms with Gasteiger partial charge in [0.2, 0.25) is 11.9 Å². The first-order valence-corrected chi connectivity index (χ1v) is 9.49. The number of urea groups is 1. The van der Waals surface area contributed by atoms with Crippen LogP contribution in [-0.4, -0.2) is 52.8 Å². The summed E-state index contributed by atoms with van der Waals surface area (Å²) in [4.78, 5) is 32.6. The zero-order valence-electron chi connectivity index (χ0n) is 17.2. The lowest BCUT2D eigenvalue weighted by Gasteiger charge is -2.30. The van der Waals surface area contributed by atoms with Crippen molar-refractivity contribution in [3.05, 3.63) is 47.8 Å². The van der Waals surface area contributed by atoms with E-state index in [-0.39, 0.29) is 11.9 Å². The molecular weight excluding hydrogens is 370 g/mol. The fraction of sp³-hybridized carbons (Fsp3) is 0.333. The van der Waals surface area contributed by atoms with Crippen molar-refractivity contribution in [2.24, 2.45) is 4.99 Å². The first kappa shape index (κ1) is 18.9. The fourth-order valence-electron chi connectivity index (χ4n) is 3.80. The Morgan fingerprint density at radius 2 is 1.90 bits per heavy atom. The first-order chi connectivity index (χ1) is 13.9. The van der Waals surface area contributed by atoms with E-state index >= 15 is 0 Å². The van der Waals surface area contributed by atoms with E-state index in [2.05, 4.69) is 0 Å². The summed E-state index contributed by atoms with van der Waals surface area (Å²) in [5.74, 6) is 1.48. The Kier molecular flexibility index (Phi) is 4.49. The van der Waals surface area contributed by atoms with Gasteiger partial charge in [-0.25, -0.2) is 9.36 Å². The minimum Gasteiger partial charge on any atom is -0.486 e. The van der Waals surface area contributed by atoms with Gasteiger partial charge in [-0.15, -0.1) is 0 Å². The molecule has 2 aliphatic heterocycles. The second-order valence-corrected chi connectivity index (χ2v) is 7.14. The summed E-state index contributed by atoms with van der Waals surface area (Å²) < 4.78 is 9.83. The lowest BCUT2D eigenvalue weighted by atomic mass is 10.1. The molecule has 8 heteroatoms. The van der Waals surface area contributed by atoms with Gasteiger partial charge in [-0.2, -0.15) is 4.57 Å². The third kappa shape index (κ3) is 2.66. The number of benzene rings is 1. The number of hydrogen-bond acceptors (Lipinski definition) is 4. The van der Waals surface area contributed by atoms with Gasteiger partial charge in [-0.3, -0.25) is 14.6 Å². The minimum atomic E-state index is -0.645. The maximum atomic E-state index is 12.9. The van der Waals surface area contributed by atoms with E-state index in [1.807, 2.05) is 66.3 Å². The molecule has 1 atom stereocenters. The Labute approximate surface area is 169 Å². The summed E-state index contributed by atoms with van der Waals surface area (Å²) in [5.41, 5.74) is 2.71.